The maximum atomic E-state index is 12.0. The van der Waals surface area contributed by atoms with Crippen LogP contribution < -0.4 is 0 Å². The van der Waals surface area contributed by atoms with Gasteiger partial charge in [0.15, 0.2) is 0 Å². The van der Waals surface area contributed by atoms with Gasteiger partial charge in [-0.3, -0.25) is 0 Å². The molecule has 1 fully saturated rings. The molecular weight excluding hydrogens is 244 g/mol. The van der Waals surface area contributed by atoms with Gasteiger partial charge in [0.1, 0.15) is 5.60 Å². The summed E-state index contributed by atoms with van der Waals surface area (Å²) in [5.74, 6) is 0. The topological polar surface area (TPSA) is 42.0 Å². The van der Waals surface area contributed by atoms with Gasteiger partial charge in [0.25, 0.3) is 0 Å². The largest absolute Gasteiger partial charge is 0.444 e. The van der Waals surface area contributed by atoms with Crippen molar-refractivity contribution in [2.75, 3.05) is 40.3 Å². The Balaban J connectivity index is 2.41. The third-order valence-corrected chi connectivity index (χ3v) is 3.08. The van der Waals surface area contributed by atoms with Gasteiger partial charge in [-0.25, -0.2) is 4.79 Å². The SMILES string of the molecule is CN(C)CCOC1(C)CCN(C(=O)OC(C)(C)C)C1. The van der Waals surface area contributed by atoms with E-state index in [0.29, 0.717) is 19.7 Å². The van der Waals surface area contributed by atoms with Gasteiger partial charge in [-0.1, -0.05) is 0 Å². The van der Waals surface area contributed by atoms with Crippen LogP contribution in [0.4, 0.5) is 4.79 Å². The number of hydrogen-bond acceptors (Lipinski definition) is 4. The number of carbonyl (C=O) groups is 1. The lowest BCUT2D eigenvalue weighted by atomic mass is 10.1. The molecule has 1 aliphatic heterocycles. The molecule has 5 nitrogen and oxygen atoms in total. The van der Waals surface area contributed by atoms with Crippen molar-refractivity contribution in [1.82, 2.24) is 9.80 Å². The predicted molar refractivity (Wildman–Crippen MR) is 75.3 cm³/mol. The van der Waals surface area contributed by atoms with Crippen LogP contribution in [0.1, 0.15) is 34.1 Å². The van der Waals surface area contributed by atoms with Crippen LogP contribution in [0.3, 0.4) is 0 Å². The van der Waals surface area contributed by atoms with Crippen LogP contribution in [0.2, 0.25) is 0 Å². The molecule has 0 aromatic heterocycles. The predicted octanol–water partition coefficient (Wildman–Crippen LogP) is 1.96. The molecular formula is C14H28N2O3. The van der Waals surface area contributed by atoms with Crippen molar-refractivity contribution in [2.45, 2.75) is 45.3 Å². The van der Waals surface area contributed by atoms with Gasteiger partial charge in [0, 0.05) is 13.1 Å². The van der Waals surface area contributed by atoms with Gasteiger partial charge in [-0.15, -0.1) is 0 Å². The van der Waals surface area contributed by atoms with Crippen LogP contribution in [0.25, 0.3) is 0 Å². The maximum absolute atomic E-state index is 12.0. The van der Waals surface area contributed by atoms with Gasteiger partial charge in [0.2, 0.25) is 0 Å². The lowest BCUT2D eigenvalue weighted by Crippen LogP contribution is -2.39. The summed E-state index contributed by atoms with van der Waals surface area (Å²) in [7, 11) is 4.04. The standard InChI is InChI=1S/C14H28N2O3/c1-13(2,3)19-12(17)16-8-7-14(4,11-16)18-10-9-15(5)6/h7-11H2,1-6H3. The fraction of sp³-hybridized carbons (Fsp3) is 0.929. The first-order valence-electron chi connectivity index (χ1n) is 6.88. The van der Waals surface area contributed by atoms with E-state index in [1.807, 2.05) is 34.9 Å². The Labute approximate surface area is 116 Å². The zero-order chi connectivity index (χ0) is 14.7. The van der Waals surface area contributed by atoms with Crippen molar-refractivity contribution in [3.05, 3.63) is 0 Å². The summed E-state index contributed by atoms with van der Waals surface area (Å²) in [4.78, 5) is 15.8. The minimum Gasteiger partial charge on any atom is -0.444 e. The smallest absolute Gasteiger partial charge is 0.410 e. The van der Waals surface area contributed by atoms with Gasteiger partial charge < -0.3 is 19.3 Å². The van der Waals surface area contributed by atoms with Crippen LogP contribution in [0.5, 0.6) is 0 Å². The second-order valence-electron chi connectivity index (χ2n) is 6.75. The fourth-order valence-corrected chi connectivity index (χ4v) is 2.01. The van der Waals surface area contributed by atoms with Gasteiger partial charge in [-0.2, -0.15) is 0 Å². The van der Waals surface area contributed by atoms with E-state index >= 15 is 0 Å². The number of likely N-dealkylation sites (N-methyl/N-ethyl adjacent to an activating group) is 1. The molecule has 0 aliphatic carbocycles. The van der Waals surface area contributed by atoms with E-state index in [4.69, 9.17) is 9.47 Å². The molecule has 0 spiro atoms. The number of ether oxygens (including phenoxy) is 2. The molecule has 1 amide bonds. The summed E-state index contributed by atoms with van der Waals surface area (Å²) in [6, 6.07) is 0. The molecule has 1 atom stereocenters. The van der Waals surface area contributed by atoms with Crippen molar-refractivity contribution in [3.8, 4) is 0 Å². The van der Waals surface area contributed by atoms with E-state index in [-0.39, 0.29) is 11.7 Å². The minimum atomic E-state index is -0.443. The second-order valence-corrected chi connectivity index (χ2v) is 6.75. The molecule has 0 bridgehead atoms. The van der Waals surface area contributed by atoms with Gasteiger partial charge >= 0.3 is 6.09 Å². The molecule has 1 heterocycles. The Morgan fingerprint density at radius 1 is 1.37 bits per heavy atom. The summed E-state index contributed by atoms with van der Waals surface area (Å²) >= 11 is 0. The molecule has 19 heavy (non-hydrogen) atoms. The molecule has 0 saturated carbocycles. The second kappa shape index (κ2) is 6.09. The van der Waals surface area contributed by atoms with Gasteiger partial charge in [0.05, 0.1) is 18.8 Å². The Morgan fingerprint density at radius 2 is 2.00 bits per heavy atom. The molecule has 1 saturated heterocycles. The van der Waals surface area contributed by atoms with Crippen molar-refractivity contribution in [2.24, 2.45) is 0 Å². The highest BCUT2D eigenvalue weighted by molar-refractivity contribution is 5.68. The molecule has 1 rings (SSSR count). The number of amides is 1. The molecule has 112 valence electrons. The Morgan fingerprint density at radius 3 is 2.53 bits per heavy atom. The molecule has 0 aromatic carbocycles. The normalized spacial score (nSPS) is 24.1. The third kappa shape index (κ3) is 5.78. The van der Waals surface area contributed by atoms with Crippen LogP contribution in [0, 0.1) is 0 Å². The van der Waals surface area contributed by atoms with E-state index in [2.05, 4.69) is 11.8 Å². The zero-order valence-electron chi connectivity index (χ0n) is 13.2. The lowest BCUT2D eigenvalue weighted by Gasteiger charge is -2.27. The fourth-order valence-electron chi connectivity index (χ4n) is 2.01. The van der Waals surface area contributed by atoms with E-state index in [1.54, 1.807) is 4.90 Å². The molecule has 5 heteroatoms. The number of nitrogens with zero attached hydrogens (tertiary/aromatic N) is 2. The number of hydrogen-bond donors (Lipinski definition) is 0. The molecule has 1 unspecified atom stereocenters. The first kappa shape index (κ1) is 16.2. The first-order valence-corrected chi connectivity index (χ1v) is 6.88. The van der Waals surface area contributed by atoms with E-state index in [1.165, 1.54) is 0 Å². The number of rotatable bonds is 4. The van der Waals surface area contributed by atoms with Crippen molar-refractivity contribution >= 4 is 6.09 Å². The summed E-state index contributed by atoms with van der Waals surface area (Å²) < 4.78 is 11.3. The Hall–Kier alpha value is -0.810. The lowest BCUT2D eigenvalue weighted by molar-refractivity contribution is -0.0314. The summed E-state index contributed by atoms with van der Waals surface area (Å²) in [5, 5.41) is 0. The van der Waals surface area contributed by atoms with Crippen LogP contribution in [-0.4, -0.2) is 67.4 Å². The van der Waals surface area contributed by atoms with Crippen molar-refractivity contribution in [1.29, 1.82) is 0 Å². The van der Waals surface area contributed by atoms with E-state index in [0.717, 1.165) is 13.0 Å². The van der Waals surface area contributed by atoms with Crippen molar-refractivity contribution in [3.63, 3.8) is 0 Å². The quantitative estimate of drug-likeness (QED) is 0.784. The summed E-state index contributed by atoms with van der Waals surface area (Å²) in [5.41, 5.74) is -0.686. The summed E-state index contributed by atoms with van der Waals surface area (Å²) in [6.45, 7) is 10.6. The minimum absolute atomic E-state index is 0.243. The third-order valence-electron chi connectivity index (χ3n) is 3.08. The van der Waals surface area contributed by atoms with Crippen molar-refractivity contribution < 1.29 is 14.3 Å². The Bertz CT molecular complexity index is 312. The van der Waals surface area contributed by atoms with E-state index in [9.17, 15) is 4.79 Å². The number of carbonyl (C=O) groups excluding carboxylic acids is 1. The highest BCUT2D eigenvalue weighted by Gasteiger charge is 2.38. The van der Waals surface area contributed by atoms with Crippen LogP contribution in [0.15, 0.2) is 0 Å². The Kier molecular flexibility index (Phi) is 5.21. The maximum Gasteiger partial charge on any atom is 0.410 e. The average molecular weight is 272 g/mol. The molecule has 0 N–H and O–H groups in total. The van der Waals surface area contributed by atoms with Crippen LogP contribution in [-0.2, 0) is 9.47 Å². The van der Waals surface area contributed by atoms with E-state index < -0.39 is 5.60 Å². The van der Waals surface area contributed by atoms with Crippen LogP contribution >= 0.6 is 0 Å². The highest BCUT2D eigenvalue weighted by Crippen LogP contribution is 2.26. The average Bonchev–Trinajstić information content (AvgIpc) is 2.58. The zero-order valence-corrected chi connectivity index (χ0v) is 13.2. The highest BCUT2D eigenvalue weighted by atomic mass is 16.6. The summed E-state index contributed by atoms with van der Waals surface area (Å²) in [6.07, 6.45) is 0.618. The van der Waals surface area contributed by atoms with Gasteiger partial charge in [-0.05, 0) is 48.2 Å². The molecule has 1 aliphatic rings. The molecule has 0 aromatic rings. The first-order chi connectivity index (χ1) is 8.61. The molecule has 0 radical (unpaired) electrons. The number of likely N-dealkylation sites (tertiary alicyclic amines) is 1. The monoisotopic (exact) mass is 272 g/mol.